The van der Waals surface area contributed by atoms with Crippen molar-refractivity contribution in [2.75, 3.05) is 11.4 Å². The van der Waals surface area contributed by atoms with Gasteiger partial charge in [0, 0.05) is 30.2 Å². The zero-order valence-corrected chi connectivity index (χ0v) is 15.4. The molecule has 0 fully saturated rings. The molecule has 7 heteroatoms. The Balaban J connectivity index is 1.80. The minimum absolute atomic E-state index is 0.0474. The second kappa shape index (κ2) is 7.15. The molecule has 25 heavy (non-hydrogen) atoms. The number of benzene rings is 2. The lowest BCUT2D eigenvalue weighted by atomic mass is 10.2. The van der Waals surface area contributed by atoms with Gasteiger partial charge in [-0.25, -0.2) is 13.1 Å². The van der Waals surface area contributed by atoms with Gasteiger partial charge in [0.25, 0.3) is 0 Å². The summed E-state index contributed by atoms with van der Waals surface area (Å²) in [5, 5.41) is 0.521. The highest BCUT2D eigenvalue weighted by molar-refractivity contribution is 7.89. The maximum absolute atomic E-state index is 12.6. The molecule has 1 N–H and O–H groups in total. The van der Waals surface area contributed by atoms with E-state index < -0.39 is 10.0 Å². The highest BCUT2D eigenvalue weighted by Crippen LogP contribution is 2.30. The molecule has 0 radical (unpaired) electrons. The van der Waals surface area contributed by atoms with Crippen molar-refractivity contribution in [2.45, 2.75) is 31.2 Å². The molecule has 1 heterocycles. The molecule has 0 unspecified atom stereocenters. The number of nitrogens with zero attached hydrogens (tertiary/aromatic N) is 1. The number of rotatable bonds is 5. The van der Waals surface area contributed by atoms with Crippen LogP contribution in [0.1, 0.15) is 24.5 Å². The first-order valence-corrected chi connectivity index (χ1v) is 9.95. The first-order chi connectivity index (χ1) is 11.9. The molecule has 132 valence electrons. The summed E-state index contributed by atoms with van der Waals surface area (Å²) in [5.41, 5.74) is 2.40. The van der Waals surface area contributed by atoms with Gasteiger partial charge in [-0.2, -0.15) is 0 Å². The van der Waals surface area contributed by atoms with Crippen LogP contribution in [0.5, 0.6) is 0 Å². The van der Waals surface area contributed by atoms with E-state index in [-0.39, 0.29) is 17.3 Å². The van der Waals surface area contributed by atoms with E-state index in [1.54, 1.807) is 35.2 Å². The average molecular weight is 379 g/mol. The van der Waals surface area contributed by atoms with Crippen LogP contribution in [0.15, 0.2) is 47.4 Å². The number of carbonyl (C=O) groups is 1. The molecule has 0 bridgehead atoms. The van der Waals surface area contributed by atoms with E-state index >= 15 is 0 Å². The molecule has 5 nitrogen and oxygen atoms in total. The highest BCUT2D eigenvalue weighted by Gasteiger charge is 2.25. The molecule has 3 rings (SSSR count). The Bertz CT molecular complexity index is 912. The standard InChI is InChI=1S/C18H19ClN2O3S/c1-2-18(22)21-10-9-13-11-15(7-8-17(13)21)25(23,24)20-12-14-5-3-4-6-16(14)19/h3-8,11,20H,2,9-10,12H2,1H3. The molecule has 0 saturated heterocycles. The van der Waals surface area contributed by atoms with E-state index in [1.807, 2.05) is 13.0 Å². The van der Waals surface area contributed by atoms with Gasteiger partial charge in [0.05, 0.1) is 4.90 Å². The first kappa shape index (κ1) is 17.9. The van der Waals surface area contributed by atoms with Crippen LogP contribution in [-0.2, 0) is 27.8 Å². The van der Waals surface area contributed by atoms with Gasteiger partial charge in [-0.05, 0) is 41.8 Å². The van der Waals surface area contributed by atoms with Crippen molar-refractivity contribution in [1.82, 2.24) is 4.72 Å². The lowest BCUT2D eigenvalue weighted by Crippen LogP contribution is -2.27. The van der Waals surface area contributed by atoms with Gasteiger partial charge < -0.3 is 4.90 Å². The summed E-state index contributed by atoms with van der Waals surface area (Å²) in [6, 6.07) is 12.0. The molecule has 1 amide bonds. The van der Waals surface area contributed by atoms with Gasteiger partial charge >= 0.3 is 0 Å². The van der Waals surface area contributed by atoms with E-state index in [0.717, 1.165) is 11.3 Å². The third-order valence-corrected chi connectivity index (χ3v) is 6.04. The van der Waals surface area contributed by atoms with Gasteiger partial charge in [-0.1, -0.05) is 36.7 Å². The van der Waals surface area contributed by atoms with Crippen LogP contribution in [0, 0.1) is 0 Å². The number of fused-ring (bicyclic) bond motifs is 1. The van der Waals surface area contributed by atoms with Crippen LogP contribution in [0.2, 0.25) is 5.02 Å². The van der Waals surface area contributed by atoms with E-state index in [9.17, 15) is 13.2 Å². The summed E-state index contributed by atoms with van der Waals surface area (Å²) in [6.45, 7) is 2.54. The second-order valence-corrected chi connectivity index (χ2v) is 8.03. The molecular formula is C18H19ClN2O3S. The molecule has 0 spiro atoms. The normalized spacial score (nSPS) is 13.8. The van der Waals surface area contributed by atoms with Crippen molar-refractivity contribution in [2.24, 2.45) is 0 Å². The SMILES string of the molecule is CCC(=O)N1CCc2cc(S(=O)(=O)NCc3ccccc3Cl)ccc21. The number of halogens is 1. The minimum atomic E-state index is -3.65. The van der Waals surface area contributed by atoms with Crippen molar-refractivity contribution in [3.63, 3.8) is 0 Å². The summed E-state index contributed by atoms with van der Waals surface area (Å²) < 4.78 is 27.7. The van der Waals surface area contributed by atoms with Crippen LogP contribution < -0.4 is 9.62 Å². The summed E-state index contributed by atoms with van der Waals surface area (Å²) in [7, 11) is -3.65. The van der Waals surface area contributed by atoms with Crippen molar-refractivity contribution >= 4 is 33.2 Å². The van der Waals surface area contributed by atoms with Crippen molar-refractivity contribution in [1.29, 1.82) is 0 Å². The van der Waals surface area contributed by atoms with Crippen LogP contribution in [0.25, 0.3) is 0 Å². The fourth-order valence-corrected chi connectivity index (χ4v) is 4.15. The summed E-state index contributed by atoms with van der Waals surface area (Å²) in [5.74, 6) is 0.0474. The second-order valence-electron chi connectivity index (χ2n) is 5.86. The lowest BCUT2D eigenvalue weighted by Gasteiger charge is -2.16. The highest BCUT2D eigenvalue weighted by atomic mass is 35.5. The maximum atomic E-state index is 12.6. The molecule has 2 aromatic carbocycles. The molecule has 0 saturated carbocycles. The Labute approximate surface area is 152 Å². The Kier molecular flexibility index (Phi) is 5.13. The number of anilines is 1. The molecule has 0 aliphatic carbocycles. The fourth-order valence-electron chi connectivity index (χ4n) is 2.89. The maximum Gasteiger partial charge on any atom is 0.240 e. The Hall–Kier alpha value is -1.89. The summed E-state index contributed by atoms with van der Waals surface area (Å²) in [6.07, 6.45) is 1.09. The largest absolute Gasteiger partial charge is 0.312 e. The zero-order valence-electron chi connectivity index (χ0n) is 13.8. The molecular weight excluding hydrogens is 360 g/mol. The predicted molar refractivity (Wildman–Crippen MR) is 98.3 cm³/mol. The van der Waals surface area contributed by atoms with Gasteiger partial charge in [0.15, 0.2) is 0 Å². The molecule has 1 aliphatic heterocycles. The van der Waals surface area contributed by atoms with Gasteiger partial charge in [-0.3, -0.25) is 4.79 Å². The minimum Gasteiger partial charge on any atom is -0.312 e. The van der Waals surface area contributed by atoms with Crippen LogP contribution in [-0.4, -0.2) is 20.9 Å². The van der Waals surface area contributed by atoms with E-state index in [1.165, 1.54) is 6.07 Å². The fraction of sp³-hybridized carbons (Fsp3) is 0.278. The van der Waals surface area contributed by atoms with E-state index in [2.05, 4.69) is 4.72 Å². The third-order valence-electron chi connectivity index (χ3n) is 4.27. The average Bonchev–Trinajstić information content (AvgIpc) is 3.03. The van der Waals surface area contributed by atoms with Gasteiger partial charge in [-0.15, -0.1) is 0 Å². The number of sulfonamides is 1. The van der Waals surface area contributed by atoms with Gasteiger partial charge in [0.1, 0.15) is 0 Å². The smallest absolute Gasteiger partial charge is 0.240 e. The number of nitrogens with one attached hydrogen (secondary N) is 1. The number of hydrogen-bond acceptors (Lipinski definition) is 3. The van der Waals surface area contributed by atoms with Crippen molar-refractivity contribution in [3.8, 4) is 0 Å². The molecule has 1 aliphatic rings. The number of carbonyl (C=O) groups excluding carboxylic acids is 1. The Morgan fingerprint density at radius 2 is 2.00 bits per heavy atom. The molecule has 0 aromatic heterocycles. The Morgan fingerprint density at radius 3 is 2.72 bits per heavy atom. The first-order valence-electron chi connectivity index (χ1n) is 8.08. The molecule has 2 aromatic rings. The summed E-state index contributed by atoms with van der Waals surface area (Å²) >= 11 is 6.06. The number of hydrogen-bond donors (Lipinski definition) is 1. The van der Waals surface area contributed by atoms with Crippen LogP contribution in [0.4, 0.5) is 5.69 Å². The number of amides is 1. The molecule has 0 atom stereocenters. The third kappa shape index (κ3) is 3.71. The quantitative estimate of drug-likeness (QED) is 0.869. The van der Waals surface area contributed by atoms with E-state index in [4.69, 9.17) is 11.6 Å². The lowest BCUT2D eigenvalue weighted by molar-refractivity contribution is -0.118. The van der Waals surface area contributed by atoms with E-state index in [0.29, 0.717) is 30.0 Å². The van der Waals surface area contributed by atoms with Crippen LogP contribution >= 0.6 is 11.6 Å². The zero-order chi connectivity index (χ0) is 18.0. The Morgan fingerprint density at radius 1 is 1.24 bits per heavy atom. The predicted octanol–water partition coefficient (Wildman–Crippen LogP) is 3.12. The van der Waals surface area contributed by atoms with Crippen LogP contribution in [0.3, 0.4) is 0 Å². The van der Waals surface area contributed by atoms with Crippen molar-refractivity contribution in [3.05, 3.63) is 58.6 Å². The topological polar surface area (TPSA) is 66.5 Å². The van der Waals surface area contributed by atoms with Crippen molar-refractivity contribution < 1.29 is 13.2 Å². The van der Waals surface area contributed by atoms with Gasteiger partial charge in [0.2, 0.25) is 15.9 Å². The summed E-state index contributed by atoms with van der Waals surface area (Å²) in [4.78, 5) is 13.8. The monoisotopic (exact) mass is 378 g/mol.